The van der Waals surface area contributed by atoms with Crippen LogP contribution in [0, 0.1) is 5.82 Å². The van der Waals surface area contributed by atoms with Gasteiger partial charge in [-0.1, -0.05) is 29.8 Å². The summed E-state index contributed by atoms with van der Waals surface area (Å²) < 4.78 is 30.6. The van der Waals surface area contributed by atoms with Crippen molar-refractivity contribution in [1.29, 1.82) is 0 Å². The minimum Gasteiger partial charge on any atom is -0.490 e. The molecule has 27 heavy (non-hydrogen) atoms. The van der Waals surface area contributed by atoms with Gasteiger partial charge < -0.3 is 19.5 Å². The van der Waals surface area contributed by atoms with E-state index in [4.69, 9.17) is 25.8 Å². The van der Waals surface area contributed by atoms with Crippen LogP contribution in [-0.4, -0.2) is 26.4 Å². The first-order valence-electron chi connectivity index (χ1n) is 9.25. The molecular weight excluding hydrogens is 369 g/mol. The number of nitrogens with one attached hydrogen (secondary N) is 1. The lowest BCUT2D eigenvalue weighted by atomic mass is 10.2. The van der Waals surface area contributed by atoms with E-state index in [0.717, 1.165) is 31.7 Å². The second-order valence-corrected chi connectivity index (χ2v) is 6.34. The zero-order valence-electron chi connectivity index (χ0n) is 15.9. The smallest absolute Gasteiger partial charge is 0.163 e. The van der Waals surface area contributed by atoms with Gasteiger partial charge in [-0.15, -0.1) is 0 Å². The highest BCUT2D eigenvalue weighted by Crippen LogP contribution is 2.34. The van der Waals surface area contributed by atoms with Crippen molar-refractivity contribution in [2.24, 2.45) is 0 Å². The van der Waals surface area contributed by atoms with Crippen LogP contribution in [0.3, 0.4) is 0 Å². The molecule has 2 aromatic carbocycles. The Bertz CT molecular complexity index is 712. The van der Waals surface area contributed by atoms with Crippen LogP contribution in [0.15, 0.2) is 36.4 Å². The maximum Gasteiger partial charge on any atom is 0.163 e. The van der Waals surface area contributed by atoms with Gasteiger partial charge in [0, 0.05) is 36.4 Å². The Morgan fingerprint density at radius 2 is 1.78 bits per heavy atom. The fourth-order valence-corrected chi connectivity index (χ4v) is 2.75. The molecular formula is C21H27ClFNO3. The Labute approximate surface area is 165 Å². The molecule has 0 radical (unpaired) electrons. The van der Waals surface area contributed by atoms with Gasteiger partial charge in [-0.3, -0.25) is 0 Å². The first-order chi connectivity index (χ1) is 13.2. The van der Waals surface area contributed by atoms with Gasteiger partial charge in [-0.25, -0.2) is 4.39 Å². The predicted octanol–water partition coefficient (Wildman–Crippen LogP) is 4.97. The molecule has 0 aliphatic carbocycles. The lowest BCUT2D eigenvalue weighted by molar-refractivity contribution is 0.144. The molecule has 0 saturated heterocycles. The molecule has 0 aliphatic rings. The molecule has 0 heterocycles. The molecule has 148 valence electrons. The zero-order chi connectivity index (χ0) is 19.5. The van der Waals surface area contributed by atoms with Gasteiger partial charge in [0.05, 0.1) is 6.61 Å². The standard InChI is InChI=1S/C21H27ClFNO3/c1-3-25-11-7-10-24-14-17-12-20(26-4-2)21(13-18(17)22)27-15-16-8-5-6-9-19(16)23/h5-6,8-9,12-13,24H,3-4,7,10-11,14-15H2,1-2H3. The molecule has 6 heteroatoms. The van der Waals surface area contributed by atoms with Crippen molar-refractivity contribution < 1.29 is 18.6 Å². The van der Waals surface area contributed by atoms with E-state index in [1.54, 1.807) is 24.3 Å². The molecule has 0 fully saturated rings. The lowest BCUT2D eigenvalue weighted by Crippen LogP contribution is -2.17. The van der Waals surface area contributed by atoms with Crippen LogP contribution in [0.4, 0.5) is 4.39 Å². The van der Waals surface area contributed by atoms with Gasteiger partial charge in [-0.05, 0) is 44.5 Å². The molecule has 4 nitrogen and oxygen atoms in total. The Balaban J connectivity index is 2.00. The Morgan fingerprint density at radius 3 is 2.52 bits per heavy atom. The highest BCUT2D eigenvalue weighted by atomic mass is 35.5. The van der Waals surface area contributed by atoms with Gasteiger partial charge in [0.1, 0.15) is 12.4 Å². The van der Waals surface area contributed by atoms with Crippen LogP contribution in [0.2, 0.25) is 5.02 Å². The Morgan fingerprint density at radius 1 is 1.00 bits per heavy atom. The normalized spacial score (nSPS) is 10.8. The van der Waals surface area contributed by atoms with E-state index in [2.05, 4.69) is 5.32 Å². The maximum atomic E-state index is 13.8. The Hall–Kier alpha value is -1.82. The molecule has 0 atom stereocenters. The van der Waals surface area contributed by atoms with E-state index in [1.807, 2.05) is 19.9 Å². The zero-order valence-corrected chi connectivity index (χ0v) is 16.7. The summed E-state index contributed by atoms with van der Waals surface area (Å²) in [6.45, 7) is 7.43. The van der Waals surface area contributed by atoms with E-state index in [9.17, 15) is 4.39 Å². The van der Waals surface area contributed by atoms with Gasteiger partial charge in [0.25, 0.3) is 0 Å². The first kappa shape index (κ1) is 21.5. The topological polar surface area (TPSA) is 39.7 Å². The molecule has 0 bridgehead atoms. The fourth-order valence-electron chi connectivity index (χ4n) is 2.53. The third-order valence-corrected chi connectivity index (χ3v) is 4.27. The fraction of sp³-hybridized carbons (Fsp3) is 0.429. The van der Waals surface area contributed by atoms with Crippen LogP contribution in [0.25, 0.3) is 0 Å². The monoisotopic (exact) mass is 395 g/mol. The van der Waals surface area contributed by atoms with Crippen LogP contribution >= 0.6 is 11.6 Å². The summed E-state index contributed by atoms with van der Waals surface area (Å²) in [5.41, 5.74) is 1.41. The van der Waals surface area contributed by atoms with Crippen molar-refractivity contribution in [3.05, 3.63) is 58.4 Å². The summed E-state index contributed by atoms with van der Waals surface area (Å²) in [6.07, 6.45) is 0.938. The van der Waals surface area contributed by atoms with Gasteiger partial charge in [-0.2, -0.15) is 0 Å². The van der Waals surface area contributed by atoms with Crippen molar-refractivity contribution in [2.45, 2.75) is 33.4 Å². The summed E-state index contributed by atoms with van der Waals surface area (Å²) in [7, 11) is 0. The molecule has 0 aromatic heterocycles. The number of hydrogen-bond donors (Lipinski definition) is 1. The highest BCUT2D eigenvalue weighted by Gasteiger charge is 2.12. The molecule has 2 aromatic rings. The van der Waals surface area contributed by atoms with E-state index in [1.165, 1.54) is 6.07 Å². The third kappa shape index (κ3) is 7.01. The van der Waals surface area contributed by atoms with Crippen LogP contribution in [-0.2, 0) is 17.9 Å². The average Bonchev–Trinajstić information content (AvgIpc) is 2.66. The first-order valence-corrected chi connectivity index (χ1v) is 9.63. The van der Waals surface area contributed by atoms with Gasteiger partial charge in [0.2, 0.25) is 0 Å². The molecule has 0 spiro atoms. The minimum absolute atomic E-state index is 0.109. The predicted molar refractivity (Wildman–Crippen MR) is 106 cm³/mol. The van der Waals surface area contributed by atoms with Crippen LogP contribution < -0.4 is 14.8 Å². The van der Waals surface area contributed by atoms with Gasteiger partial charge >= 0.3 is 0 Å². The molecule has 0 aliphatic heterocycles. The van der Waals surface area contributed by atoms with Crippen molar-refractivity contribution in [3.63, 3.8) is 0 Å². The summed E-state index contributed by atoms with van der Waals surface area (Å²) >= 11 is 6.40. The highest BCUT2D eigenvalue weighted by molar-refractivity contribution is 6.31. The molecule has 1 N–H and O–H groups in total. The van der Waals surface area contributed by atoms with Crippen LogP contribution in [0.5, 0.6) is 11.5 Å². The van der Waals surface area contributed by atoms with Crippen molar-refractivity contribution >= 4 is 11.6 Å². The van der Waals surface area contributed by atoms with Crippen molar-refractivity contribution in [3.8, 4) is 11.5 Å². The number of ether oxygens (including phenoxy) is 3. The van der Waals surface area contributed by atoms with E-state index < -0.39 is 0 Å². The number of benzene rings is 2. The largest absolute Gasteiger partial charge is 0.490 e. The molecule has 0 saturated carbocycles. The van der Waals surface area contributed by atoms with Crippen LogP contribution in [0.1, 0.15) is 31.4 Å². The number of hydrogen-bond acceptors (Lipinski definition) is 4. The number of halogens is 2. The summed E-state index contributed by atoms with van der Waals surface area (Å²) in [4.78, 5) is 0. The second-order valence-electron chi connectivity index (χ2n) is 5.93. The average molecular weight is 396 g/mol. The van der Waals surface area contributed by atoms with Crippen molar-refractivity contribution in [2.75, 3.05) is 26.4 Å². The van der Waals surface area contributed by atoms with Crippen molar-refractivity contribution in [1.82, 2.24) is 5.32 Å². The SMILES string of the molecule is CCOCCCNCc1cc(OCC)c(OCc2ccccc2F)cc1Cl. The molecule has 0 unspecified atom stereocenters. The molecule has 2 rings (SSSR count). The Kier molecular flexibility index (Phi) is 9.39. The summed E-state index contributed by atoms with van der Waals surface area (Å²) in [6, 6.07) is 10.1. The van der Waals surface area contributed by atoms with E-state index in [-0.39, 0.29) is 12.4 Å². The molecule has 0 amide bonds. The maximum absolute atomic E-state index is 13.8. The third-order valence-electron chi connectivity index (χ3n) is 3.92. The number of rotatable bonds is 12. The van der Waals surface area contributed by atoms with E-state index in [0.29, 0.717) is 35.2 Å². The van der Waals surface area contributed by atoms with E-state index >= 15 is 0 Å². The summed E-state index contributed by atoms with van der Waals surface area (Å²) in [5, 5.41) is 3.93. The quantitative estimate of drug-likeness (QED) is 0.515. The lowest BCUT2D eigenvalue weighted by Gasteiger charge is -2.15. The minimum atomic E-state index is -0.297. The van der Waals surface area contributed by atoms with Gasteiger partial charge in [0.15, 0.2) is 11.5 Å². The summed E-state index contributed by atoms with van der Waals surface area (Å²) in [5.74, 6) is 0.809. The second kappa shape index (κ2) is 11.8.